The molecule has 1 aliphatic rings. The number of carboxylic acids is 1. The Bertz CT molecular complexity index is 760. The van der Waals surface area contributed by atoms with Crippen LogP contribution in [0.25, 0.3) is 0 Å². The maximum atomic E-state index is 12.7. The van der Waals surface area contributed by atoms with Crippen LogP contribution < -0.4 is 4.74 Å². The predicted molar refractivity (Wildman–Crippen MR) is 87.9 cm³/mol. The number of benzene rings is 1. The van der Waals surface area contributed by atoms with E-state index in [1.54, 1.807) is 13.8 Å². The van der Waals surface area contributed by atoms with Gasteiger partial charge in [0.05, 0.1) is 11.5 Å². The molecule has 0 bridgehead atoms. The number of nitrogens with zero attached hydrogens (tertiary/aromatic N) is 1. The van der Waals surface area contributed by atoms with Crippen molar-refractivity contribution in [2.24, 2.45) is 0 Å². The SMILES string of the molecule is CCCN(CC(=O)O)S(=O)(=O)c1ccc2c(c1)CC(C(=O)OCC)O2. The summed E-state index contributed by atoms with van der Waals surface area (Å²) in [6, 6.07) is 4.26. The van der Waals surface area contributed by atoms with Crippen LogP contribution in [0.15, 0.2) is 23.1 Å². The summed E-state index contributed by atoms with van der Waals surface area (Å²) in [5.41, 5.74) is 0.575. The van der Waals surface area contributed by atoms with Crippen molar-refractivity contribution in [3.05, 3.63) is 23.8 Å². The summed E-state index contributed by atoms with van der Waals surface area (Å²) in [5.74, 6) is -1.29. The summed E-state index contributed by atoms with van der Waals surface area (Å²) in [4.78, 5) is 22.7. The van der Waals surface area contributed by atoms with Gasteiger partial charge < -0.3 is 14.6 Å². The summed E-state index contributed by atoms with van der Waals surface area (Å²) in [6.45, 7) is 3.19. The number of esters is 1. The van der Waals surface area contributed by atoms with Crippen molar-refractivity contribution in [3.63, 3.8) is 0 Å². The fourth-order valence-electron chi connectivity index (χ4n) is 2.59. The van der Waals surface area contributed by atoms with Gasteiger partial charge in [0, 0.05) is 13.0 Å². The van der Waals surface area contributed by atoms with Crippen LogP contribution >= 0.6 is 0 Å². The highest BCUT2D eigenvalue weighted by Crippen LogP contribution is 2.32. The fraction of sp³-hybridized carbons (Fsp3) is 0.500. The second-order valence-corrected chi connectivity index (χ2v) is 7.50. The van der Waals surface area contributed by atoms with Gasteiger partial charge >= 0.3 is 11.9 Å². The second-order valence-electron chi connectivity index (χ2n) is 5.56. The normalized spacial score (nSPS) is 16.4. The molecule has 9 heteroatoms. The van der Waals surface area contributed by atoms with Crippen molar-refractivity contribution < 1.29 is 32.6 Å². The molecule has 0 saturated heterocycles. The molecule has 0 radical (unpaired) electrons. The number of carbonyl (C=O) groups excluding carboxylic acids is 1. The zero-order valence-electron chi connectivity index (χ0n) is 14.1. The maximum absolute atomic E-state index is 12.7. The number of aliphatic carboxylic acids is 1. The standard InChI is InChI=1S/C16H21NO7S/c1-3-7-17(10-15(18)19)25(21,22)12-5-6-13-11(8-12)9-14(24-13)16(20)23-4-2/h5-6,8,14H,3-4,7,9-10H2,1-2H3,(H,18,19). The zero-order chi connectivity index (χ0) is 18.6. The first-order chi connectivity index (χ1) is 11.8. The molecule has 25 heavy (non-hydrogen) atoms. The lowest BCUT2D eigenvalue weighted by Crippen LogP contribution is -2.36. The van der Waals surface area contributed by atoms with Crippen LogP contribution in [0.5, 0.6) is 5.75 Å². The van der Waals surface area contributed by atoms with Crippen LogP contribution in [0.1, 0.15) is 25.8 Å². The van der Waals surface area contributed by atoms with Crippen molar-refractivity contribution in [1.82, 2.24) is 4.31 Å². The Morgan fingerprint density at radius 2 is 2.08 bits per heavy atom. The van der Waals surface area contributed by atoms with E-state index >= 15 is 0 Å². The average molecular weight is 371 g/mol. The molecule has 0 fully saturated rings. The van der Waals surface area contributed by atoms with Crippen LogP contribution in [-0.2, 0) is 30.8 Å². The number of sulfonamides is 1. The highest BCUT2D eigenvalue weighted by Gasteiger charge is 2.33. The topological polar surface area (TPSA) is 110 Å². The van der Waals surface area contributed by atoms with E-state index in [1.165, 1.54) is 18.2 Å². The van der Waals surface area contributed by atoms with Crippen LogP contribution in [0.4, 0.5) is 0 Å². The minimum absolute atomic E-state index is 0.0194. The molecule has 0 spiro atoms. The lowest BCUT2D eigenvalue weighted by Gasteiger charge is -2.19. The van der Waals surface area contributed by atoms with E-state index in [-0.39, 0.29) is 24.5 Å². The maximum Gasteiger partial charge on any atom is 0.347 e. The Morgan fingerprint density at radius 3 is 2.68 bits per heavy atom. The van der Waals surface area contributed by atoms with Crippen molar-refractivity contribution in [2.45, 2.75) is 37.7 Å². The third-order valence-corrected chi connectivity index (χ3v) is 5.52. The number of ether oxygens (including phenoxy) is 2. The number of carboxylic acid groups (broad SMARTS) is 1. The summed E-state index contributed by atoms with van der Waals surface area (Å²) < 4.78 is 36.7. The molecule has 138 valence electrons. The molecule has 8 nitrogen and oxygen atoms in total. The molecular formula is C16H21NO7S. The monoisotopic (exact) mass is 371 g/mol. The largest absolute Gasteiger partial charge is 0.480 e. The van der Waals surface area contributed by atoms with E-state index in [0.717, 1.165) is 4.31 Å². The second kappa shape index (κ2) is 7.83. The quantitative estimate of drug-likeness (QED) is 0.680. The molecule has 1 aliphatic heterocycles. The van der Waals surface area contributed by atoms with E-state index in [4.69, 9.17) is 14.6 Å². The highest BCUT2D eigenvalue weighted by atomic mass is 32.2. The van der Waals surface area contributed by atoms with E-state index < -0.39 is 34.6 Å². The Kier molecular flexibility index (Phi) is 6.02. The first-order valence-electron chi connectivity index (χ1n) is 7.97. The third kappa shape index (κ3) is 4.29. The minimum atomic E-state index is -3.95. The molecule has 1 atom stereocenters. The predicted octanol–water partition coefficient (Wildman–Crippen LogP) is 1.04. The molecule has 1 unspecified atom stereocenters. The van der Waals surface area contributed by atoms with Gasteiger partial charge in [-0.15, -0.1) is 0 Å². The van der Waals surface area contributed by atoms with Crippen molar-refractivity contribution in [1.29, 1.82) is 0 Å². The van der Waals surface area contributed by atoms with Gasteiger partial charge in [0.1, 0.15) is 12.3 Å². The number of hydrogen-bond acceptors (Lipinski definition) is 6. The molecule has 0 aliphatic carbocycles. The Labute approximate surface area is 146 Å². The Morgan fingerprint density at radius 1 is 1.36 bits per heavy atom. The van der Waals surface area contributed by atoms with Crippen molar-refractivity contribution in [3.8, 4) is 5.75 Å². The van der Waals surface area contributed by atoms with Gasteiger partial charge in [0.25, 0.3) is 0 Å². The Balaban J connectivity index is 2.26. The van der Waals surface area contributed by atoms with Gasteiger partial charge in [-0.2, -0.15) is 4.31 Å². The van der Waals surface area contributed by atoms with Crippen LogP contribution in [0.3, 0.4) is 0 Å². The third-order valence-electron chi connectivity index (χ3n) is 3.68. The van der Waals surface area contributed by atoms with Gasteiger partial charge in [0.2, 0.25) is 10.0 Å². The molecule has 1 heterocycles. The van der Waals surface area contributed by atoms with Crippen LogP contribution in [0, 0.1) is 0 Å². The summed E-state index contributed by atoms with van der Waals surface area (Å²) >= 11 is 0. The van der Waals surface area contributed by atoms with Gasteiger partial charge in [0.15, 0.2) is 6.10 Å². The lowest BCUT2D eigenvalue weighted by atomic mass is 10.1. The number of fused-ring (bicyclic) bond motifs is 1. The molecule has 0 aromatic heterocycles. The van der Waals surface area contributed by atoms with Crippen molar-refractivity contribution in [2.75, 3.05) is 19.7 Å². The van der Waals surface area contributed by atoms with Gasteiger partial charge in [-0.3, -0.25) is 4.79 Å². The van der Waals surface area contributed by atoms with E-state index in [1.807, 2.05) is 0 Å². The van der Waals surface area contributed by atoms with Crippen LogP contribution in [-0.4, -0.2) is 55.6 Å². The van der Waals surface area contributed by atoms with Crippen LogP contribution in [0.2, 0.25) is 0 Å². The molecule has 2 rings (SSSR count). The summed E-state index contributed by atoms with van der Waals surface area (Å²) in [5, 5.41) is 8.94. The number of carbonyl (C=O) groups is 2. The molecule has 0 saturated carbocycles. The van der Waals surface area contributed by atoms with Gasteiger partial charge in [-0.1, -0.05) is 6.92 Å². The molecule has 1 aromatic rings. The zero-order valence-corrected chi connectivity index (χ0v) is 14.9. The summed E-state index contributed by atoms with van der Waals surface area (Å²) in [6.07, 6.45) is -0.0888. The highest BCUT2D eigenvalue weighted by molar-refractivity contribution is 7.89. The van der Waals surface area contributed by atoms with Gasteiger partial charge in [-0.05, 0) is 37.1 Å². The first-order valence-corrected chi connectivity index (χ1v) is 9.41. The van der Waals surface area contributed by atoms with E-state index in [2.05, 4.69) is 0 Å². The number of rotatable bonds is 8. The van der Waals surface area contributed by atoms with Gasteiger partial charge in [-0.25, -0.2) is 13.2 Å². The van der Waals surface area contributed by atoms with E-state index in [0.29, 0.717) is 17.7 Å². The Hall–Kier alpha value is -2.13. The fourth-order valence-corrected chi connectivity index (χ4v) is 4.12. The molecule has 1 aromatic carbocycles. The van der Waals surface area contributed by atoms with E-state index in [9.17, 15) is 18.0 Å². The number of hydrogen-bond donors (Lipinski definition) is 1. The molecular weight excluding hydrogens is 350 g/mol. The minimum Gasteiger partial charge on any atom is -0.480 e. The lowest BCUT2D eigenvalue weighted by molar-refractivity contribution is -0.150. The summed E-state index contributed by atoms with van der Waals surface area (Å²) in [7, 11) is -3.95. The average Bonchev–Trinajstić information content (AvgIpc) is 2.97. The molecule has 0 amide bonds. The van der Waals surface area contributed by atoms with Crippen molar-refractivity contribution >= 4 is 22.0 Å². The molecule has 1 N–H and O–H groups in total. The first kappa shape index (κ1) is 19.2. The smallest absolute Gasteiger partial charge is 0.347 e.